The van der Waals surface area contributed by atoms with Gasteiger partial charge in [-0.05, 0) is 32.2 Å². The Morgan fingerprint density at radius 3 is 2.44 bits per heavy atom. The van der Waals surface area contributed by atoms with Gasteiger partial charge < -0.3 is 24.8 Å². The van der Waals surface area contributed by atoms with E-state index in [0.717, 1.165) is 26.2 Å². The Bertz CT molecular complexity index is 1080. The van der Waals surface area contributed by atoms with Crippen molar-refractivity contribution in [2.45, 2.75) is 43.7 Å². The standard InChI is InChI=1S/C24H28F5N3O4/c1-12-18(14-7-8-15(25)19(26)20(14)35-5)21(36-23(12,2)24(27,28)29)22(33)32-13-6-9-16(31-10-13)17(30-3)11-34-4/h6-10,12,17-18,21,30H,11H2,1-5H3,(H,32,33)/t12-,17+,18-,21+,23+/m0/s1. The number of nitrogens with one attached hydrogen (secondary N) is 2. The number of halogens is 5. The van der Waals surface area contributed by atoms with Gasteiger partial charge in [0.15, 0.2) is 17.2 Å². The van der Waals surface area contributed by atoms with Crippen LogP contribution in [0.5, 0.6) is 5.75 Å². The number of pyridine rings is 1. The highest BCUT2D eigenvalue weighted by atomic mass is 19.4. The smallest absolute Gasteiger partial charge is 0.417 e. The number of amides is 1. The van der Waals surface area contributed by atoms with Crippen molar-refractivity contribution in [1.29, 1.82) is 0 Å². The van der Waals surface area contributed by atoms with Crippen LogP contribution in [0.1, 0.15) is 37.1 Å². The third-order valence-corrected chi connectivity index (χ3v) is 6.66. The summed E-state index contributed by atoms with van der Waals surface area (Å²) < 4.78 is 85.8. The predicted molar refractivity (Wildman–Crippen MR) is 121 cm³/mol. The van der Waals surface area contributed by atoms with Crippen LogP contribution in [0.3, 0.4) is 0 Å². The zero-order valence-corrected chi connectivity index (χ0v) is 20.4. The van der Waals surface area contributed by atoms with Gasteiger partial charge in [0.2, 0.25) is 5.82 Å². The molecule has 1 aromatic carbocycles. The lowest BCUT2D eigenvalue weighted by Gasteiger charge is -2.32. The third kappa shape index (κ3) is 5.02. The molecule has 2 aromatic rings. The number of likely N-dealkylation sites (N-methyl/N-ethyl adjacent to an activating group) is 1. The molecule has 198 valence electrons. The van der Waals surface area contributed by atoms with Crippen molar-refractivity contribution in [2.75, 3.05) is 33.2 Å². The molecule has 1 saturated heterocycles. The van der Waals surface area contributed by atoms with Crippen LogP contribution in [0.15, 0.2) is 30.5 Å². The number of carbonyl (C=O) groups is 1. The van der Waals surface area contributed by atoms with E-state index in [-0.39, 0.29) is 17.3 Å². The summed E-state index contributed by atoms with van der Waals surface area (Å²) in [5, 5.41) is 5.54. The third-order valence-electron chi connectivity index (χ3n) is 6.66. The number of anilines is 1. The maximum Gasteiger partial charge on any atom is 0.417 e. The first-order valence-electron chi connectivity index (χ1n) is 11.1. The molecule has 0 spiro atoms. The molecule has 12 heteroatoms. The van der Waals surface area contributed by atoms with Gasteiger partial charge >= 0.3 is 6.18 Å². The fraction of sp³-hybridized carbons (Fsp3) is 0.500. The second-order valence-corrected chi connectivity index (χ2v) is 8.70. The molecule has 0 aliphatic carbocycles. The highest BCUT2D eigenvalue weighted by Crippen LogP contribution is 2.55. The SMILES string of the molecule is CN[C@H](COC)c1ccc(NC(=O)[C@@H]2O[C@@](C)(C(F)(F)F)[C@@H](C)[C@H]2c2ccc(F)c(F)c2OC)cn1. The second kappa shape index (κ2) is 10.7. The number of rotatable bonds is 8. The molecule has 0 bridgehead atoms. The van der Waals surface area contributed by atoms with Crippen LogP contribution in [0.25, 0.3) is 0 Å². The van der Waals surface area contributed by atoms with Crippen molar-refractivity contribution in [3.05, 3.63) is 53.4 Å². The van der Waals surface area contributed by atoms with E-state index in [2.05, 4.69) is 15.6 Å². The Hall–Kier alpha value is -2.83. The number of aromatic nitrogens is 1. The van der Waals surface area contributed by atoms with Crippen LogP contribution in [0.4, 0.5) is 27.6 Å². The summed E-state index contributed by atoms with van der Waals surface area (Å²) in [5.41, 5.74) is -2.01. The van der Waals surface area contributed by atoms with Gasteiger partial charge in [-0.3, -0.25) is 9.78 Å². The Kier molecular flexibility index (Phi) is 8.21. The maximum absolute atomic E-state index is 14.4. The molecule has 7 nitrogen and oxygen atoms in total. The van der Waals surface area contributed by atoms with E-state index in [0.29, 0.717) is 12.3 Å². The van der Waals surface area contributed by atoms with Gasteiger partial charge in [0.25, 0.3) is 5.91 Å². The number of hydrogen-bond donors (Lipinski definition) is 2. The predicted octanol–water partition coefficient (Wildman–Crippen LogP) is 4.35. The molecule has 1 aliphatic heterocycles. The van der Waals surface area contributed by atoms with Gasteiger partial charge in [0.1, 0.15) is 6.10 Å². The zero-order chi connectivity index (χ0) is 26.8. The lowest BCUT2D eigenvalue weighted by molar-refractivity contribution is -0.272. The van der Waals surface area contributed by atoms with Gasteiger partial charge in [-0.15, -0.1) is 0 Å². The highest BCUT2D eigenvalue weighted by Gasteiger charge is 2.65. The molecular weight excluding hydrogens is 489 g/mol. The Balaban J connectivity index is 1.97. The quantitative estimate of drug-likeness (QED) is 0.507. The van der Waals surface area contributed by atoms with E-state index < -0.39 is 53.0 Å². The minimum absolute atomic E-state index is 0.109. The molecular formula is C24H28F5N3O4. The summed E-state index contributed by atoms with van der Waals surface area (Å²) in [6.07, 6.45) is -5.19. The molecule has 0 unspecified atom stereocenters. The van der Waals surface area contributed by atoms with Crippen LogP contribution >= 0.6 is 0 Å². The van der Waals surface area contributed by atoms with Gasteiger partial charge in [0.05, 0.1) is 37.3 Å². The van der Waals surface area contributed by atoms with E-state index in [1.807, 2.05) is 0 Å². The number of alkyl halides is 3. The number of hydrogen-bond acceptors (Lipinski definition) is 6. The zero-order valence-electron chi connectivity index (χ0n) is 20.4. The van der Waals surface area contributed by atoms with Crippen molar-refractivity contribution < 1.29 is 41.0 Å². The first-order valence-corrected chi connectivity index (χ1v) is 11.1. The van der Waals surface area contributed by atoms with Gasteiger partial charge in [-0.2, -0.15) is 17.6 Å². The second-order valence-electron chi connectivity index (χ2n) is 8.70. The molecule has 1 aromatic heterocycles. The Morgan fingerprint density at radius 1 is 1.22 bits per heavy atom. The Labute approximate surface area is 205 Å². The monoisotopic (exact) mass is 517 g/mol. The lowest BCUT2D eigenvalue weighted by Crippen LogP contribution is -2.47. The summed E-state index contributed by atoms with van der Waals surface area (Å²) in [6.45, 7) is 2.42. The minimum atomic E-state index is -4.85. The van der Waals surface area contributed by atoms with Crippen LogP contribution in [0, 0.1) is 17.6 Å². The number of carbonyl (C=O) groups excluding carboxylic acids is 1. The minimum Gasteiger partial charge on any atom is -0.493 e. The fourth-order valence-corrected chi connectivity index (χ4v) is 4.42. The van der Waals surface area contributed by atoms with E-state index in [9.17, 15) is 26.7 Å². The van der Waals surface area contributed by atoms with E-state index >= 15 is 0 Å². The fourth-order valence-electron chi connectivity index (χ4n) is 4.42. The van der Waals surface area contributed by atoms with Crippen molar-refractivity contribution in [3.63, 3.8) is 0 Å². The lowest BCUT2D eigenvalue weighted by atomic mass is 9.77. The van der Waals surface area contributed by atoms with Gasteiger partial charge in [-0.1, -0.05) is 13.0 Å². The van der Waals surface area contributed by atoms with Crippen molar-refractivity contribution in [2.24, 2.45) is 5.92 Å². The summed E-state index contributed by atoms with van der Waals surface area (Å²) in [5.74, 6) is -6.73. The molecule has 0 saturated carbocycles. The molecule has 2 heterocycles. The molecule has 36 heavy (non-hydrogen) atoms. The molecule has 1 aliphatic rings. The molecule has 2 N–H and O–H groups in total. The molecule has 1 fully saturated rings. The summed E-state index contributed by atoms with van der Waals surface area (Å²) in [7, 11) is 4.33. The number of methoxy groups -OCH3 is 2. The van der Waals surface area contributed by atoms with Crippen LogP contribution in [-0.2, 0) is 14.3 Å². The Morgan fingerprint density at radius 2 is 1.92 bits per heavy atom. The number of benzene rings is 1. The molecule has 1 amide bonds. The molecule has 3 rings (SSSR count). The first kappa shape index (κ1) is 27.8. The topological polar surface area (TPSA) is 81.7 Å². The molecule has 5 atom stereocenters. The van der Waals surface area contributed by atoms with Gasteiger partial charge in [-0.25, -0.2) is 4.39 Å². The summed E-state index contributed by atoms with van der Waals surface area (Å²) in [4.78, 5) is 17.5. The molecule has 0 radical (unpaired) electrons. The van der Waals surface area contributed by atoms with Crippen LogP contribution in [0.2, 0.25) is 0 Å². The van der Waals surface area contributed by atoms with Crippen molar-refractivity contribution in [1.82, 2.24) is 10.3 Å². The van der Waals surface area contributed by atoms with Crippen LogP contribution in [-0.4, -0.2) is 56.6 Å². The van der Waals surface area contributed by atoms with Crippen molar-refractivity contribution in [3.8, 4) is 5.75 Å². The van der Waals surface area contributed by atoms with E-state index in [1.54, 1.807) is 13.1 Å². The van der Waals surface area contributed by atoms with E-state index in [1.165, 1.54) is 26.3 Å². The number of nitrogens with zero attached hydrogens (tertiary/aromatic N) is 1. The summed E-state index contributed by atoms with van der Waals surface area (Å²) in [6, 6.07) is 4.84. The number of ether oxygens (including phenoxy) is 3. The average Bonchev–Trinajstić information content (AvgIpc) is 3.11. The summed E-state index contributed by atoms with van der Waals surface area (Å²) >= 11 is 0. The first-order chi connectivity index (χ1) is 16.9. The van der Waals surface area contributed by atoms with E-state index in [4.69, 9.17) is 14.2 Å². The van der Waals surface area contributed by atoms with Crippen molar-refractivity contribution >= 4 is 11.6 Å². The normalized spacial score (nSPS) is 25.0. The average molecular weight is 517 g/mol. The highest BCUT2D eigenvalue weighted by molar-refractivity contribution is 5.95. The van der Waals surface area contributed by atoms with Gasteiger partial charge in [0, 0.05) is 24.5 Å². The van der Waals surface area contributed by atoms with Crippen LogP contribution < -0.4 is 15.4 Å². The maximum atomic E-state index is 14.4. The largest absolute Gasteiger partial charge is 0.493 e.